The molecular formula is C15H18N2O6. The van der Waals surface area contributed by atoms with Gasteiger partial charge in [0, 0.05) is 12.1 Å². The number of cyclic esters (lactones) is 1. The molecule has 0 saturated carbocycles. The van der Waals surface area contributed by atoms with E-state index in [4.69, 9.17) is 9.47 Å². The molecule has 0 aromatic heterocycles. The van der Waals surface area contributed by atoms with Gasteiger partial charge < -0.3 is 9.47 Å². The predicted molar refractivity (Wildman–Crippen MR) is 79.9 cm³/mol. The van der Waals surface area contributed by atoms with E-state index in [2.05, 4.69) is 0 Å². The standard InChI is InChI=1S/C15H18N2O6/c1-14(2,3)23-13(19)16-12(18)22-9-15(16,4)10-6-5-7-11(8-10)17(20)21/h5-8H,9H2,1-4H3. The highest BCUT2D eigenvalue weighted by Crippen LogP contribution is 2.36. The number of ether oxygens (including phenoxy) is 2. The van der Waals surface area contributed by atoms with Crippen molar-refractivity contribution in [1.29, 1.82) is 0 Å². The number of hydrogen-bond donors (Lipinski definition) is 0. The van der Waals surface area contributed by atoms with Crippen LogP contribution in [-0.4, -0.2) is 34.2 Å². The zero-order valence-corrected chi connectivity index (χ0v) is 13.4. The Kier molecular flexibility index (Phi) is 4.02. The Morgan fingerprint density at radius 2 is 2.09 bits per heavy atom. The molecule has 0 radical (unpaired) electrons. The molecule has 2 amide bonds. The van der Waals surface area contributed by atoms with Crippen molar-refractivity contribution in [2.75, 3.05) is 6.61 Å². The van der Waals surface area contributed by atoms with Gasteiger partial charge in [-0.2, -0.15) is 4.90 Å². The maximum Gasteiger partial charge on any atom is 0.420 e. The van der Waals surface area contributed by atoms with Crippen molar-refractivity contribution in [1.82, 2.24) is 4.90 Å². The second-order valence-electron chi connectivity index (χ2n) is 6.45. The van der Waals surface area contributed by atoms with Gasteiger partial charge in [0.1, 0.15) is 17.7 Å². The zero-order chi connectivity index (χ0) is 17.4. The molecule has 1 heterocycles. The summed E-state index contributed by atoms with van der Waals surface area (Å²) < 4.78 is 10.2. The smallest absolute Gasteiger partial charge is 0.420 e. The Hall–Kier alpha value is -2.64. The average molecular weight is 322 g/mol. The molecule has 0 bridgehead atoms. The molecule has 23 heavy (non-hydrogen) atoms. The van der Waals surface area contributed by atoms with Crippen LogP contribution in [0, 0.1) is 10.1 Å². The number of imide groups is 1. The fourth-order valence-electron chi connectivity index (χ4n) is 2.28. The molecule has 1 unspecified atom stereocenters. The number of non-ortho nitro benzene ring substituents is 1. The zero-order valence-electron chi connectivity index (χ0n) is 13.4. The van der Waals surface area contributed by atoms with E-state index in [9.17, 15) is 19.7 Å². The van der Waals surface area contributed by atoms with E-state index in [1.54, 1.807) is 33.8 Å². The molecule has 1 aromatic carbocycles. The number of benzene rings is 1. The van der Waals surface area contributed by atoms with Gasteiger partial charge in [0.05, 0.1) is 4.92 Å². The molecule has 124 valence electrons. The van der Waals surface area contributed by atoms with E-state index in [1.807, 2.05) is 0 Å². The third kappa shape index (κ3) is 3.25. The third-order valence-corrected chi connectivity index (χ3v) is 3.41. The van der Waals surface area contributed by atoms with Gasteiger partial charge in [-0.25, -0.2) is 9.59 Å². The maximum absolute atomic E-state index is 12.3. The number of nitrogens with zero attached hydrogens (tertiary/aromatic N) is 2. The van der Waals surface area contributed by atoms with Crippen molar-refractivity contribution >= 4 is 17.9 Å². The summed E-state index contributed by atoms with van der Waals surface area (Å²) in [5.74, 6) is 0. The molecule has 1 fully saturated rings. The van der Waals surface area contributed by atoms with Gasteiger partial charge in [-0.15, -0.1) is 0 Å². The van der Waals surface area contributed by atoms with Crippen LogP contribution < -0.4 is 0 Å². The molecule has 0 N–H and O–H groups in total. The first-order chi connectivity index (χ1) is 10.5. The van der Waals surface area contributed by atoms with Crippen LogP contribution in [0.1, 0.15) is 33.3 Å². The lowest BCUT2D eigenvalue weighted by Crippen LogP contribution is -2.48. The lowest BCUT2D eigenvalue weighted by Gasteiger charge is -2.32. The average Bonchev–Trinajstić information content (AvgIpc) is 2.74. The topological polar surface area (TPSA) is 99.0 Å². The Morgan fingerprint density at radius 3 is 2.65 bits per heavy atom. The van der Waals surface area contributed by atoms with E-state index in [0.717, 1.165) is 4.90 Å². The summed E-state index contributed by atoms with van der Waals surface area (Å²) in [7, 11) is 0. The van der Waals surface area contributed by atoms with Crippen LogP contribution in [0.4, 0.5) is 15.3 Å². The van der Waals surface area contributed by atoms with Gasteiger partial charge >= 0.3 is 12.2 Å². The fourth-order valence-corrected chi connectivity index (χ4v) is 2.28. The van der Waals surface area contributed by atoms with E-state index in [-0.39, 0.29) is 12.3 Å². The Balaban J connectivity index is 2.42. The lowest BCUT2D eigenvalue weighted by atomic mass is 9.92. The molecule has 1 aliphatic heterocycles. The van der Waals surface area contributed by atoms with Crippen LogP contribution in [0.2, 0.25) is 0 Å². The van der Waals surface area contributed by atoms with Crippen molar-refractivity contribution < 1.29 is 24.0 Å². The van der Waals surface area contributed by atoms with E-state index >= 15 is 0 Å². The maximum atomic E-state index is 12.3. The summed E-state index contributed by atoms with van der Waals surface area (Å²) in [6.45, 7) is 6.53. The van der Waals surface area contributed by atoms with Crippen LogP contribution in [0.5, 0.6) is 0 Å². The van der Waals surface area contributed by atoms with Gasteiger partial charge in [0.15, 0.2) is 0 Å². The SMILES string of the molecule is CC(C)(C)OC(=O)N1C(=O)OCC1(C)c1cccc([N+](=O)[O-])c1. The van der Waals surface area contributed by atoms with Gasteiger partial charge in [-0.1, -0.05) is 12.1 Å². The van der Waals surface area contributed by atoms with Crippen molar-refractivity contribution in [2.45, 2.75) is 38.8 Å². The van der Waals surface area contributed by atoms with Crippen LogP contribution in [0.3, 0.4) is 0 Å². The lowest BCUT2D eigenvalue weighted by molar-refractivity contribution is -0.385. The van der Waals surface area contributed by atoms with Gasteiger partial charge in [0.2, 0.25) is 0 Å². The number of carbonyl (C=O) groups is 2. The van der Waals surface area contributed by atoms with Crippen LogP contribution in [0.15, 0.2) is 24.3 Å². The Labute approximate surface area is 133 Å². The summed E-state index contributed by atoms with van der Waals surface area (Å²) in [6, 6.07) is 5.75. The summed E-state index contributed by atoms with van der Waals surface area (Å²) in [5.41, 5.74) is -1.68. The molecule has 1 saturated heterocycles. The highest BCUT2D eigenvalue weighted by molar-refractivity contribution is 5.91. The highest BCUT2D eigenvalue weighted by Gasteiger charge is 2.50. The van der Waals surface area contributed by atoms with E-state index < -0.39 is 28.2 Å². The Morgan fingerprint density at radius 1 is 1.43 bits per heavy atom. The van der Waals surface area contributed by atoms with Crippen molar-refractivity contribution in [3.8, 4) is 0 Å². The minimum absolute atomic E-state index is 0.105. The first kappa shape index (κ1) is 16.7. The van der Waals surface area contributed by atoms with Gasteiger partial charge in [-0.3, -0.25) is 10.1 Å². The van der Waals surface area contributed by atoms with Crippen LogP contribution in [-0.2, 0) is 15.0 Å². The summed E-state index contributed by atoms with van der Waals surface area (Å²) in [5, 5.41) is 10.9. The Bertz CT molecular complexity index is 666. The molecular weight excluding hydrogens is 304 g/mol. The molecule has 0 spiro atoms. The number of carbonyl (C=O) groups excluding carboxylic acids is 2. The molecule has 1 atom stereocenters. The largest absolute Gasteiger partial charge is 0.446 e. The van der Waals surface area contributed by atoms with E-state index in [0.29, 0.717) is 5.56 Å². The second-order valence-corrected chi connectivity index (χ2v) is 6.45. The van der Waals surface area contributed by atoms with Crippen LogP contribution in [0.25, 0.3) is 0 Å². The number of rotatable bonds is 2. The molecule has 8 heteroatoms. The van der Waals surface area contributed by atoms with Gasteiger partial charge in [0.25, 0.3) is 5.69 Å². The number of amides is 2. The normalized spacial score (nSPS) is 21.0. The van der Waals surface area contributed by atoms with Crippen molar-refractivity contribution in [3.05, 3.63) is 39.9 Å². The third-order valence-electron chi connectivity index (χ3n) is 3.41. The number of hydrogen-bond acceptors (Lipinski definition) is 6. The molecule has 1 aromatic rings. The summed E-state index contributed by atoms with van der Waals surface area (Å²) >= 11 is 0. The minimum Gasteiger partial charge on any atom is -0.446 e. The molecule has 8 nitrogen and oxygen atoms in total. The minimum atomic E-state index is -1.18. The highest BCUT2D eigenvalue weighted by atomic mass is 16.6. The summed E-state index contributed by atoms with van der Waals surface area (Å²) in [6.07, 6.45) is -1.69. The van der Waals surface area contributed by atoms with Crippen LogP contribution >= 0.6 is 0 Å². The fraction of sp³-hybridized carbons (Fsp3) is 0.467. The second kappa shape index (κ2) is 5.53. The number of nitro groups is 1. The predicted octanol–water partition coefficient (Wildman–Crippen LogP) is 3.20. The first-order valence-corrected chi connectivity index (χ1v) is 6.99. The molecule has 1 aliphatic rings. The number of nitro benzene ring substituents is 1. The molecule has 2 rings (SSSR count). The van der Waals surface area contributed by atoms with E-state index in [1.165, 1.54) is 18.2 Å². The first-order valence-electron chi connectivity index (χ1n) is 6.99. The quantitative estimate of drug-likeness (QED) is 0.612. The van der Waals surface area contributed by atoms with Crippen molar-refractivity contribution in [3.63, 3.8) is 0 Å². The van der Waals surface area contributed by atoms with Gasteiger partial charge in [-0.05, 0) is 33.3 Å². The monoisotopic (exact) mass is 322 g/mol. The van der Waals surface area contributed by atoms with Crippen molar-refractivity contribution in [2.24, 2.45) is 0 Å². The molecule has 0 aliphatic carbocycles. The summed E-state index contributed by atoms with van der Waals surface area (Å²) in [4.78, 5) is 35.6.